The highest BCUT2D eigenvalue weighted by atomic mass is 16.5. The summed E-state index contributed by atoms with van der Waals surface area (Å²) in [7, 11) is 1.70. The number of hydrogen-bond acceptors (Lipinski definition) is 2. The van der Waals surface area contributed by atoms with Gasteiger partial charge in [-0.25, -0.2) is 0 Å². The summed E-state index contributed by atoms with van der Waals surface area (Å²) in [5.74, 6) is 0.953. The highest BCUT2D eigenvalue weighted by Crippen LogP contribution is 2.21. The molecule has 0 aliphatic heterocycles. The van der Waals surface area contributed by atoms with E-state index in [4.69, 9.17) is 10.5 Å². The van der Waals surface area contributed by atoms with Crippen molar-refractivity contribution < 1.29 is 4.74 Å². The molecule has 2 heteroatoms. The molecular weight excluding hydrogens is 174 g/mol. The minimum Gasteiger partial charge on any atom is -0.496 e. The largest absolute Gasteiger partial charge is 0.496 e. The molecule has 0 amide bonds. The van der Waals surface area contributed by atoms with Gasteiger partial charge in [-0.1, -0.05) is 19.1 Å². The van der Waals surface area contributed by atoms with Gasteiger partial charge in [0, 0.05) is 6.04 Å². The first kappa shape index (κ1) is 11.1. The molecule has 2 nitrogen and oxygen atoms in total. The minimum absolute atomic E-state index is 0.228. The summed E-state index contributed by atoms with van der Waals surface area (Å²) in [5.41, 5.74) is 8.33. The number of benzene rings is 1. The topological polar surface area (TPSA) is 35.2 Å². The second kappa shape index (κ2) is 5.01. The Morgan fingerprint density at radius 2 is 2.14 bits per heavy atom. The predicted molar refractivity (Wildman–Crippen MR) is 59.7 cm³/mol. The molecule has 0 saturated carbocycles. The van der Waals surface area contributed by atoms with Gasteiger partial charge < -0.3 is 10.5 Å². The molecule has 1 aromatic rings. The first-order valence-corrected chi connectivity index (χ1v) is 5.06. The van der Waals surface area contributed by atoms with Crippen LogP contribution >= 0.6 is 0 Å². The predicted octanol–water partition coefficient (Wildman–Crippen LogP) is 2.28. The lowest BCUT2D eigenvalue weighted by atomic mass is 10.0. The van der Waals surface area contributed by atoms with E-state index >= 15 is 0 Å². The lowest BCUT2D eigenvalue weighted by Gasteiger charge is -2.12. The molecule has 0 bridgehead atoms. The molecule has 1 rings (SSSR count). The zero-order chi connectivity index (χ0) is 10.6. The molecule has 1 aromatic carbocycles. The number of rotatable bonds is 4. The van der Waals surface area contributed by atoms with Crippen LogP contribution in [0.2, 0.25) is 0 Å². The quantitative estimate of drug-likeness (QED) is 0.796. The van der Waals surface area contributed by atoms with Gasteiger partial charge in [-0.15, -0.1) is 0 Å². The fourth-order valence-electron chi connectivity index (χ4n) is 1.45. The van der Waals surface area contributed by atoms with Crippen LogP contribution in [-0.2, 0) is 6.42 Å². The number of aryl methyl sites for hydroxylation is 1. The molecule has 14 heavy (non-hydrogen) atoms. The van der Waals surface area contributed by atoms with Crippen molar-refractivity contribution >= 4 is 0 Å². The van der Waals surface area contributed by atoms with Gasteiger partial charge in [0.25, 0.3) is 0 Å². The number of methoxy groups -OCH3 is 1. The molecule has 0 aromatic heterocycles. The standard InChI is InChI=1S/C12H19NO/c1-4-11(13)8-10-6-5-9(2)7-12(10)14-3/h5-7,11H,4,8,13H2,1-3H3. The van der Waals surface area contributed by atoms with Crippen molar-refractivity contribution in [3.05, 3.63) is 29.3 Å². The van der Waals surface area contributed by atoms with Crippen molar-refractivity contribution in [1.82, 2.24) is 0 Å². The van der Waals surface area contributed by atoms with Crippen LogP contribution in [0.15, 0.2) is 18.2 Å². The maximum atomic E-state index is 5.91. The highest BCUT2D eigenvalue weighted by molar-refractivity contribution is 5.37. The van der Waals surface area contributed by atoms with E-state index in [0.717, 1.165) is 18.6 Å². The van der Waals surface area contributed by atoms with Crippen LogP contribution in [0.25, 0.3) is 0 Å². The zero-order valence-corrected chi connectivity index (χ0v) is 9.21. The molecule has 0 aliphatic rings. The summed E-state index contributed by atoms with van der Waals surface area (Å²) >= 11 is 0. The Balaban J connectivity index is 2.85. The maximum Gasteiger partial charge on any atom is 0.122 e. The van der Waals surface area contributed by atoms with Crippen LogP contribution in [0.5, 0.6) is 5.75 Å². The van der Waals surface area contributed by atoms with Crippen LogP contribution in [-0.4, -0.2) is 13.2 Å². The summed E-state index contributed by atoms with van der Waals surface area (Å²) in [4.78, 5) is 0. The van der Waals surface area contributed by atoms with E-state index in [0.29, 0.717) is 0 Å². The average Bonchev–Trinajstić information content (AvgIpc) is 2.20. The van der Waals surface area contributed by atoms with Crippen molar-refractivity contribution in [3.63, 3.8) is 0 Å². The van der Waals surface area contributed by atoms with Crippen LogP contribution < -0.4 is 10.5 Å². The molecule has 0 spiro atoms. The van der Waals surface area contributed by atoms with Crippen molar-refractivity contribution in [1.29, 1.82) is 0 Å². The van der Waals surface area contributed by atoms with Crippen LogP contribution in [0.4, 0.5) is 0 Å². The van der Waals surface area contributed by atoms with Crippen molar-refractivity contribution in [2.45, 2.75) is 32.7 Å². The Bertz CT molecular complexity index is 296. The van der Waals surface area contributed by atoms with E-state index in [1.165, 1.54) is 11.1 Å². The third kappa shape index (κ3) is 2.74. The Hall–Kier alpha value is -1.02. The lowest BCUT2D eigenvalue weighted by molar-refractivity contribution is 0.407. The van der Waals surface area contributed by atoms with Crippen LogP contribution in [0.3, 0.4) is 0 Å². The van der Waals surface area contributed by atoms with Gasteiger partial charge in [-0.2, -0.15) is 0 Å². The highest BCUT2D eigenvalue weighted by Gasteiger charge is 2.06. The molecule has 0 aliphatic carbocycles. The third-order valence-electron chi connectivity index (χ3n) is 2.45. The molecule has 1 atom stereocenters. The van der Waals surface area contributed by atoms with E-state index in [1.807, 2.05) is 0 Å². The summed E-state index contributed by atoms with van der Waals surface area (Å²) in [5, 5.41) is 0. The average molecular weight is 193 g/mol. The first-order valence-electron chi connectivity index (χ1n) is 5.06. The molecule has 2 N–H and O–H groups in total. The van der Waals surface area contributed by atoms with Crippen molar-refractivity contribution in [3.8, 4) is 5.75 Å². The first-order chi connectivity index (χ1) is 6.67. The van der Waals surface area contributed by atoms with E-state index in [9.17, 15) is 0 Å². The van der Waals surface area contributed by atoms with Gasteiger partial charge in [0.05, 0.1) is 7.11 Å². The molecular formula is C12H19NO. The van der Waals surface area contributed by atoms with Crippen LogP contribution in [0, 0.1) is 6.92 Å². The van der Waals surface area contributed by atoms with Crippen LogP contribution in [0.1, 0.15) is 24.5 Å². The smallest absolute Gasteiger partial charge is 0.122 e. The molecule has 0 fully saturated rings. The Kier molecular flexibility index (Phi) is 3.96. The van der Waals surface area contributed by atoms with Gasteiger partial charge in [-0.3, -0.25) is 0 Å². The number of ether oxygens (including phenoxy) is 1. The van der Waals surface area contributed by atoms with Crippen molar-refractivity contribution in [2.24, 2.45) is 5.73 Å². The molecule has 0 heterocycles. The summed E-state index contributed by atoms with van der Waals surface area (Å²) in [6, 6.07) is 6.48. The second-order valence-corrected chi connectivity index (χ2v) is 3.69. The number of nitrogens with two attached hydrogens (primary N) is 1. The molecule has 1 unspecified atom stereocenters. The van der Waals surface area contributed by atoms with E-state index in [1.54, 1.807) is 7.11 Å². The van der Waals surface area contributed by atoms with Gasteiger partial charge in [0.1, 0.15) is 5.75 Å². The van der Waals surface area contributed by atoms with Crippen molar-refractivity contribution in [2.75, 3.05) is 7.11 Å². The van der Waals surface area contributed by atoms with E-state index < -0.39 is 0 Å². The third-order valence-corrected chi connectivity index (χ3v) is 2.45. The summed E-state index contributed by atoms with van der Waals surface area (Å²) < 4.78 is 5.32. The lowest BCUT2D eigenvalue weighted by Crippen LogP contribution is -2.21. The van der Waals surface area contributed by atoms with Gasteiger partial charge in [0.15, 0.2) is 0 Å². The molecule has 0 radical (unpaired) electrons. The second-order valence-electron chi connectivity index (χ2n) is 3.69. The van der Waals surface area contributed by atoms with Gasteiger partial charge in [-0.05, 0) is 37.0 Å². The summed E-state index contributed by atoms with van der Waals surface area (Å²) in [6.07, 6.45) is 1.89. The number of hydrogen-bond donors (Lipinski definition) is 1. The van der Waals surface area contributed by atoms with E-state index in [-0.39, 0.29) is 6.04 Å². The van der Waals surface area contributed by atoms with E-state index in [2.05, 4.69) is 32.0 Å². The summed E-state index contributed by atoms with van der Waals surface area (Å²) in [6.45, 7) is 4.16. The minimum atomic E-state index is 0.228. The Morgan fingerprint density at radius 3 is 2.71 bits per heavy atom. The molecule has 78 valence electrons. The SMILES string of the molecule is CCC(N)Cc1ccc(C)cc1OC. The maximum absolute atomic E-state index is 5.91. The fraction of sp³-hybridized carbons (Fsp3) is 0.500. The van der Waals surface area contributed by atoms with Gasteiger partial charge >= 0.3 is 0 Å². The monoisotopic (exact) mass is 193 g/mol. The fourth-order valence-corrected chi connectivity index (χ4v) is 1.45. The molecule has 0 saturated heterocycles. The Labute approximate surface area is 86.1 Å². The normalized spacial score (nSPS) is 12.6. The van der Waals surface area contributed by atoms with Gasteiger partial charge in [0.2, 0.25) is 0 Å². The zero-order valence-electron chi connectivity index (χ0n) is 9.21. The Morgan fingerprint density at radius 1 is 1.43 bits per heavy atom.